The van der Waals surface area contributed by atoms with Gasteiger partial charge < -0.3 is 9.47 Å². The van der Waals surface area contributed by atoms with Gasteiger partial charge in [0, 0.05) is 51.1 Å². The molecule has 0 aliphatic rings. The molecule has 0 spiro atoms. The van der Waals surface area contributed by atoms with Crippen molar-refractivity contribution in [3.8, 4) is 11.5 Å². The summed E-state index contributed by atoms with van der Waals surface area (Å²) < 4.78 is 11.5. The van der Waals surface area contributed by atoms with E-state index in [0.29, 0.717) is 51.2 Å². The van der Waals surface area contributed by atoms with Gasteiger partial charge in [-0.2, -0.15) is 0 Å². The summed E-state index contributed by atoms with van der Waals surface area (Å²) in [6, 6.07) is 26.1. The zero-order chi connectivity index (χ0) is 31.1. The van der Waals surface area contributed by atoms with E-state index in [2.05, 4.69) is 15.0 Å². The molecule has 0 atom stereocenters. The molecular formula is C35H27Cl2N3O4. The van der Waals surface area contributed by atoms with Crippen LogP contribution in [0.4, 0.5) is 0 Å². The molecular weight excluding hydrogens is 597 g/mol. The van der Waals surface area contributed by atoms with E-state index in [1.165, 1.54) is 13.8 Å². The van der Waals surface area contributed by atoms with Gasteiger partial charge in [0.15, 0.2) is 11.6 Å². The summed E-state index contributed by atoms with van der Waals surface area (Å²) in [5, 5.41) is 2.29. The van der Waals surface area contributed by atoms with Gasteiger partial charge in [-0.15, -0.1) is 0 Å². The number of ether oxygens (including phenoxy) is 2. The Morgan fingerprint density at radius 3 is 1.73 bits per heavy atom. The first-order valence-corrected chi connectivity index (χ1v) is 14.4. The van der Waals surface area contributed by atoms with Crippen molar-refractivity contribution in [1.82, 2.24) is 15.0 Å². The molecule has 0 fully saturated rings. The van der Waals surface area contributed by atoms with Gasteiger partial charge in [-0.3, -0.25) is 24.5 Å². The van der Waals surface area contributed by atoms with E-state index in [1.54, 1.807) is 30.7 Å². The fourth-order valence-corrected chi connectivity index (χ4v) is 4.65. The van der Waals surface area contributed by atoms with Gasteiger partial charge in [-0.05, 0) is 73.5 Å². The second-order valence-corrected chi connectivity index (χ2v) is 10.8. The SMILES string of the molecule is CC(=O)c1cnc2cc(OCc3cccc(Cl)c3)ccc2c1.CC(=O)c1cnc2cc(OCc3cccc(Cl)c3)cnc2c1. The van der Waals surface area contributed by atoms with E-state index in [0.717, 1.165) is 27.8 Å². The van der Waals surface area contributed by atoms with Crippen LogP contribution in [0.15, 0.2) is 104 Å². The Bertz CT molecular complexity index is 1840. The Hall–Kier alpha value is -4.85. The Balaban J connectivity index is 0.000000175. The third kappa shape index (κ3) is 8.16. The van der Waals surface area contributed by atoms with Gasteiger partial charge in [-0.1, -0.05) is 47.5 Å². The Morgan fingerprint density at radius 1 is 0.591 bits per heavy atom. The summed E-state index contributed by atoms with van der Waals surface area (Å²) in [5.41, 5.74) is 5.30. The van der Waals surface area contributed by atoms with Gasteiger partial charge in [0.25, 0.3) is 0 Å². The van der Waals surface area contributed by atoms with Crippen LogP contribution in [0.2, 0.25) is 10.0 Å². The summed E-state index contributed by atoms with van der Waals surface area (Å²) >= 11 is 11.9. The number of rotatable bonds is 8. The molecule has 7 nitrogen and oxygen atoms in total. The molecule has 44 heavy (non-hydrogen) atoms. The number of halogens is 2. The largest absolute Gasteiger partial charge is 0.489 e. The zero-order valence-corrected chi connectivity index (χ0v) is 25.5. The van der Waals surface area contributed by atoms with Crippen molar-refractivity contribution in [2.45, 2.75) is 27.1 Å². The van der Waals surface area contributed by atoms with E-state index in [4.69, 9.17) is 32.7 Å². The van der Waals surface area contributed by atoms with Crippen LogP contribution in [-0.4, -0.2) is 26.5 Å². The lowest BCUT2D eigenvalue weighted by atomic mass is 10.1. The molecule has 0 saturated carbocycles. The van der Waals surface area contributed by atoms with Crippen LogP contribution in [0.1, 0.15) is 45.7 Å². The highest BCUT2D eigenvalue weighted by Crippen LogP contribution is 2.22. The van der Waals surface area contributed by atoms with Crippen LogP contribution < -0.4 is 9.47 Å². The minimum atomic E-state index is -0.0301. The van der Waals surface area contributed by atoms with Crippen LogP contribution in [0.5, 0.6) is 11.5 Å². The van der Waals surface area contributed by atoms with Crippen molar-refractivity contribution < 1.29 is 19.1 Å². The monoisotopic (exact) mass is 623 g/mol. The third-order valence-corrected chi connectivity index (χ3v) is 7.04. The second kappa shape index (κ2) is 14.1. The number of nitrogens with zero attached hydrogens (tertiary/aromatic N) is 3. The number of hydrogen-bond acceptors (Lipinski definition) is 7. The summed E-state index contributed by atoms with van der Waals surface area (Å²) in [7, 11) is 0. The standard InChI is InChI=1S/C18H14ClNO2.C17H13ClN2O2/c1-12(21)15-8-14-5-6-17(9-18(14)20-10-15)22-11-13-3-2-4-16(19)7-13;1-11(21)13-6-16-17(19-8-13)7-15(9-20-16)22-10-12-3-2-4-14(18)5-12/h2-10H,11H2,1H3;2-9H,10H2,1H3. The molecule has 3 heterocycles. The highest BCUT2D eigenvalue weighted by Gasteiger charge is 2.06. The van der Waals surface area contributed by atoms with Gasteiger partial charge in [-0.25, -0.2) is 0 Å². The molecule has 0 aliphatic heterocycles. The summed E-state index contributed by atoms with van der Waals surface area (Å²) in [5.74, 6) is 1.33. The van der Waals surface area contributed by atoms with E-state index >= 15 is 0 Å². The molecule has 3 aromatic heterocycles. The van der Waals surface area contributed by atoms with Gasteiger partial charge in [0.1, 0.15) is 24.7 Å². The number of pyridine rings is 3. The Kier molecular flexibility index (Phi) is 9.79. The molecule has 0 saturated heterocycles. The van der Waals surface area contributed by atoms with Crippen molar-refractivity contribution >= 4 is 56.7 Å². The zero-order valence-electron chi connectivity index (χ0n) is 24.0. The average molecular weight is 625 g/mol. The molecule has 0 unspecified atom stereocenters. The molecule has 0 bridgehead atoms. The fourth-order valence-electron chi connectivity index (χ4n) is 4.23. The number of carbonyl (C=O) groups is 2. The van der Waals surface area contributed by atoms with Crippen molar-refractivity contribution in [3.63, 3.8) is 0 Å². The number of Topliss-reactive ketones (excluding diaryl/α,β-unsaturated/α-hetero) is 2. The maximum absolute atomic E-state index is 11.4. The second-order valence-electron chi connectivity index (χ2n) is 9.96. The highest BCUT2D eigenvalue weighted by molar-refractivity contribution is 6.30. The summed E-state index contributed by atoms with van der Waals surface area (Å²) in [6.45, 7) is 3.88. The lowest BCUT2D eigenvalue weighted by molar-refractivity contribution is 0.100. The van der Waals surface area contributed by atoms with Crippen LogP contribution in [0.3, 0.4) is 0 Å². The molecule has 0 N–H and O–H groups in total. The molecule has 3 aromatic carbocycles. The molecule has 220 valence electrons. The normalized spacial score (nSPS) is 10.6. The molecule has 0 amide bonds. The van der Waals surface area contributed by atoms with Crippen molar-refractivity contribution in [1.29, 1.82) is 0 Å². The number of aromatic nitrogens is 3. The third-order valence-electron chi connectivity index (χ3n) is 6.56. The highest BCUT2D eigenvalue weighted by atomic mass is 35.5. The van der Waals surface area contributed by atoms with Crippen molar-refractivity contribution in [3.05, 3.63) is 136 Å². The van der Waals surface area contributed by atoms with E-state index in [-0.39, 0.29) is 11.6 Å². The number of ketones is 2. The van der Waals surface area contributed by atoms with E-state index in [9.17, 15) is 9.59 Å². The van der Waals surface area contributed by atoms with E-state index < -0.39 is 0 Å². The Labute approximate surface area is 264 Å². The maximum atomic E-state index is 11.4. The molecule has 6 aromatic rings. The van der Waals surface area contributed by atoms with Gasteiger partial charge >= 0.3 is 0 Å². The average Bonchev–Trinajstić information content (AvgIpc) is 3.02. The molecule has 0 radical (unpaired) electrons. The van der Waals surface area contributed by atoms with Crippen molar-refractivity contribution in [2.75, 3.05) is 0 Å². The van der Waals surface area contributed by atoms with Crippen LogP contribution in [-0.2, 0) is 13.2 Å². The summed E-state index contributed by atoms with van der Waals surface area (Å²) in [4.78, 5) is 35.6. The predicted octanol–water partition coefficient (Wildman–Crippen LogP) is 8.73. The van der Waals surface area contributed by atoms with Gasteiger partial charge in [0.2, 0.25) is 0 Å². The number of fused-ring (bicyclic) bond motifs is 2. The Morgan fingerprint density at radius 2 is 1.11 bits per heavy atom. The lowest BCUT2D eigenvalue weighted by Gasteiger charge is -2.08. The van der Waals surface area contributed by atoms with Gasteiger partial charge in [0.05, 0.1) is 22.7 Å². The quantitative estimate of drug-likeness (QED) is 0.156. The van der Waals surface area contributed by atoms with Crippen LogP contribution in [0.25, 0.3) is 21.9 Å². The summed E-state index contributed by atoms with van der Waals surface area (Å²) in [6.07, 6.45) is 4.76. The fraction of sp³-hybridized carbons (Fsp3) is 0.114. The molecule has 9 heteroatoms. The minimum absolute atomic E-state index is 0.00989. The topological polar surface area (TPSA) is 91.3 Å². The number of benzene rings is 3. The first-order chi connectivity index (χ1) is 21.2. The lowest BCUT2D eigenvalue weighted by Crippen LogP contribution is -1.98. The predicted molar refractivity (Wildman–Crippen MR) is 173 cm³/mol. The van der Waals surface area contributed by atoms with Crippen LogP contribution in [0, 0.1) is 0 Å². The van der Waals surface area contributed by atoms with E-state index in [1.807, 2.05) is 72.8 Å². The molecule has 6 rings (SSSR count). The van der Waals surface area contributed by atoms with Crippen molar-refractivity contribution in [2.24, 2.45) is 0 Å². The first-order valence-electron chi connectivity index (χ1n) is 13.7. The maximum Gasteiger partial charge on any atom is 0.161 e. The molecule has 0 aliphatic carbocycles. The van der Waals surface area contributed by atoms with Crippen LogP contribution >= 0.6 is 23.2 Å². The minimum Gasteiger partial charge on any atom is -0.489 e. The smallest absolute Gasteiger partial charge is 0.161 e. The number of hydrogen-bond donors (Lipinski definition) is 0. The number of carbonyl (C=O) groups excluding carboxylic acids is 2. The first kappa shape index (κ1) is 30.6.